The fourth-order valence-corrected chi connectivity index (χ4v) is 2.02. The van der Waals surface area contributed by atoms with Crippen molar-refractivity contribution in [2.45, 2.75) is 25.8 Å². The molecule has 3 nitrogen and oxygen atoms in total. The van der Waals surface area contributed by atoms with Crippen LogP contribution in [0.2, 0.25) is 0 Å². The summed E-state index contributed by atoms with van der Waals surface area (Å²) in [6, 6.07) is 9.55. The third-order valence-electron chi connectivity index (χ3n) is 3.47. The van der Waals surface area contributed by atoms with Gasteiger partial charge in [0.25, 0.3) is 0 Å². The standard InChI is InChI=1S/C14H20N2O/c1-10-7-12(10)9-16-14(17)8-13(15)11-5-3-2-4-6-11/h2-6,10,12-13H,7-9,15H2,1H3,(H,16,17). The third-order valence-corrected chi connectivity index (χ3v) is 3.47. The van der Waals surface area contributed by atoms with Crippen LogP contribution in [0.1, 0.15) is 31.4 Å². The minimum absolute atomic E-state index is 0.0560. The van der Waals surface area contributed by atoms with E-state index in [1.165, 1.54) is 6.42 Å². The monoisotopic (exact) mass is 232 g/mol. The summed E-state index contributed by atoms with van der Waals surface area (Å²) in [5, 5.41) is 2.96. The van der Waals surface area contributed by atoms with Crippen LogP contribution in [-0.4, -0.2) is 12.5 Å². The molecule has 17 heavy (non-hydrogen) atoms. The molecule has 3 atom stereocenters. The quantitative estimate of drug-likeness (QED) is 0.814. The van der Waals surface area contributed by atoms with Crippen LogP contribution in [0.3, 0.4) is 0 Å². The highest BCUT2D eigenvalue weighted by atomic mass is 16.1. The lowest BCUT2D eigenvalue weighted by Crippen LogP contribution is -2.29. The zero-order chi connectivity index (χ0) is 12.3. The van der Waals surface area contributed by atoms with Crippen LogP contribution < -0.4 is 11.1 Å². The molecule has 0 heterocycles. The Morgan fingerprint density at radius 1 is 1.47 bits per heavy atom. The summed E-state index contributed by atoms with van der Waals surface area (Å²) in [6.07, 6.45) is 1.61. The molecule has 0 spiro atoms. The number of rotatable bonds is 5. The van der Waals surface area contributed by atoms with E-state index in [1.807, 2.05) is 30.3 Å². The zero-order valence-electron chi connectivity index (χ0n) is 10.2. The Hall–Kier alpha value is -1.35. The van der Waals surface area contributed by atoms with Crippen molar-refractivity contribution in [2.24, 2.45) is 17.6 Å². The van der Waals surface area contributed by atoms with E-state index in [0.29, 0.717) is 12.3 Å². The fraction of sp³-hybridized carbons (Fsp3) is 0.500. The summed E-state index contributed by atoms with van der Waals surface area (Å²) in [7, 11) is 0. The largest absolute Gasteiger partial charge is 0.356 e. The minimum atomic E-state index is -0.201. The summed E-state index contributed by atoms with van der Waals surface area (Å²) in [6.45, 7) is 3.02. The van der Waals surface area contributed by atoms with E-state index in [-0.39, 0.29) is 11.9 Å². The normalized spacial score (nSPS) is 24.1. The van der Waals surface area contributed by atoms with Crippen LogP contribution in [-0.2, 0) is 4.79 Å². The Kier molecular flexibility index (Phi) is 3.79. The molecule has 0 radical (unpaired) electrons. The van der Waals surface area contributed by atoms with E-state index < -0.39 is 0 Å². The molecule has 3 unspecified atom stereocenters. The van der Waals surface area contributed by atoms with Crippen LogP contribution in [0.25, 0.3) is 0 Å². The van der Waals surface area contributed by atoms with Crippen LogP contribution >= 0.6 is 0 Å². The van der Waals surface area contributed by atoms with E-state index in [9.17, 15) is 4.79 Å². The Bertz CT molecular complexity index is 377. The number of nitrogens with two attached hydrogens (primary N) is 1. The first-order valence-corrected chi connectivity index (χ1v) is 6.24. The molecule has 3 N–H and O–H groups in total. The molecule has 1 aromatic carbocycles. The Balaban J connectivity index is 1.74. The molecule has 0 bridgehead atoms. The lowest BCUT2D eigenvalue weighted by Gasteiger charge is -2.11. The van der Waals surface area contributed by atoms with Gasteiger partial charge in [-0.3, -0.25) is 4.79 Å². The molecule has 0 aromatic heterocycles. The number of carbonyl (C=O) groups is 1. The first-order valence-electron chi connectivity index (χ1n) is 6.24. The van der Waals surface area contributed by atoms with Crippen molar-refractivity contribution < 1.29 is 4.79 Å². The molecule has 0 aliphatic heterocycles. The van der Waals surface area contributed by atoms with E-state index in [2.05, 4.69) is 12.2 Å². The van der Waals surface area contributed by atoms with Gasteiger partial charge in [-0.05, 0) is 23.8 Å². The van der Waals surface area contributed by atoms with Gasteiger partial charge in [0.05, 0.1) is 0 Å². The van der Waals surface area contributed by atoms with Crippen LogP contribution in [0.5, 0.6) is 0 Å². The molecule has 3 heteroatoms. The second-order valence-corrected chi connectivity index (χ2v) is 5.00. The summed E-state index contributed by atoms with van der Waals surface area (Å²) in [4.78, 5) is 11.7. The summed E-state index contributed by atoms with van der Waals surface area (Å²) in [5.41, 5.74) is 7.00. The van der Waals surface area contributed by atoms with Gasteiger partial charge in [0.15, 0.2) is 0 Å². The molecule has 1 amide bonds. The fourth-order valence-electron chi connectivity index (χ4n) is 2.02. The highest BCUT2D eigenvalue weighted by Gasteiger charge is 2.32. The number of carbonyl (C=O) groups excluding carboxylic acids is 1. The SMILES string of the molecule is CC1CC1CNC(=O)CC(N)c1ccccc1. The van der Waals surface area contributed by atoms with Crippen molar-refractivity contribution in [3.8, 4) is 0 Å². The van der Waals surface area contributed by atoms with Gasteiger partial charge in [-0.25, -0.2) is 0 Å². The summed E-state index contributed by atoms with van der Waals surface area (Å²) in [5.74, 6) is 1.52. The van der Waals surface area contributed by atoms with Gasteiger partial charge in [-0.15, -0.1) is 0 Å². The molecular weight excluding hydrogens is 212 g/mol. The van der Waals surface area contributed by atoms with E-state index in [0.717, 1.165) is 18.0 Å². The van der Waals surface area contributed by atoms with Crippen molar-refractivity contribution in [3.05, 3.63) is 35.9 Å². The van der Waals surface area contributed by atoms with Gasteiger partial charge >= 0.3 is 0 Å². The Morgan fingerprint density at radius 3 is 2.71 bits per heavy atom. The van der Waals surface area contributed by atoms with Crippen molar-refractivity contribution >= 4 is 5.91 Å². The van der Waals surface area contributed by atoms with Gasteiger partial charge in [-0.1, -0.05) is 37.3 Å². The van der Waals surface area contributed by atoms with Crippen LogP contribution in [0, 0.1) is 11.8 Å². The maximum absolute atomic E-state index is 11.7. The average molecular weight is 232 g/mol. The maximum Gasteiger partial charge on any atom is 0.221 e. The second-order valence-electron chi connectivity index (χ2n) is 5.00. The van der Waals surface area contributed by atoms with Crippen molar-refractivity contribution in [1.82, 2.24) is 5.32 Å². The second kappa shape index (κ2) is 5.32. The number of nitrogens with one attached hydrogen (secondary N) is 1. The summed E-state index contributed by atoms with van der Waals surface area (Å²) < 4.78 is 0. The number of benzene rings is 1. The lowest BCUT2D eigenvalue weighted by atomic mass is 10.0. The maximum atomic E-state index is 11.7. The van der Waals surface area contributed by atoms with E-state index >= 15 is 0 Å². The molecule has 1 aliphatic carbocycles. The van der Waals surface area contributed by atoms with Crippen molar-refractivity contribution in [2.75, 3.05) is 6.54 Å². The Labute approximate surface area is 102 Å². The average Bonchev–Trinajstić information content (AvgIpc) is 3.04. The van der Waals surface area contributed by atoms with E-state index in [1.54, 1.807) is 0 Å². The molecule has 2 rings (SSSR count). The first-order chi connectivity index (χ1) is 8.16. The molecular formula is C14H20N2O. The van der Waals surface area contributed by atoms with Gasteiger partial charge in [-0.2, -0.15) is 0 Å². The third kappa shape index (κ3) is 3.56. The number of hydrogen-bond acceptors (Lipinski definition) is 2. The van der Waals surface area contributed by atoms with Crippen molar-refractivity contribution in [1.29, 1.82) is 0 Å². The molecule has 1 fully saturated rings. The lowest BCUT2D eigenvalue weighted by molar-refractivity contribution is -0.121. The first kappa shape index (κ1) is 12.1. The smallest absolute Gasteiger partial charge is 0.221 e. The van der Waals surface area contributed by atoms with Crippen LogP contribution in [0.15, 0.2) is 30.3 Å². The molecule has 1 saturated carbocycles. The molecule has 1 aromatic rings. The topological polar surface area (TPSA) is 55.1 Å². The van der Waals surface area contributed by atoms with Crippen molar-refractivity contribution in [3.63, 3.8) is 0 Å². The highest BCUT2D eigenvalue weighted by Crippen LogP contribution is 2.36. The summed E-state index contributed by atoms with van der Waals surface area (Å²) >= 11 is 0. The molecule has 0 saturated heterocycles. The van der Waals surface area contributed by atoms with E-state index in [4.69, 9.17) is 5.73 Å². The molecule has 1 aliphatic rings. The molecule has 92 valence electrons. The van der Waals surface area contributed by atoms with Gasteiger partial charge in [0.1, 0.15) is 0 Å². The predicted molar refractivity (Wildman–Crippen MR) is 68.3 cm³/mol. The number of hydrogen-bond donors (Lipinski definition) is 2. The van der Waals surface area contributed by atoms with Gasteiger partial charge in [0, 0.05) is 19.0 Å². The zero-order valence-corrected chi connectivity index (χ0v) is 10.2. The minimum Gasteiger partial charge on any atom is -0.356 e. The predicted octanol–water partition coefficient (Wildman–Crippen LogP) is 1.85. The van der Waals surface area contributed by atoms with Crippen LogP contribution in [0.4, 0.5) is 0 Å². The van der Waals surface area contributed by atoms with Gasteiger partial charge in [0.2, 0.25) is 5.91 Å². The number of amides is 1. The van der Waals surface area contributed by atoms with Gasteiger partial charge < -0.3 is 11.1 Å². The Morgan fingerprint density at radius 2 is 2.12 bits per heavy atom. The highest BCUT2D eigenvalue weighted by molar-refractivity contribution is 5.76.